The van der Waals surface area contributed by atoms with Crippen LogP contribution in [0.25, 0.3) is 31.8 Å². The average Bonchev–Trinajstić information content (AvgIpc) is 3.27. The van der Waals surface area contributed by atoms with Crippen LogP contribution in [0.2, 0.25) is 0 Å². The molecular formula is C25H19N3O2S. The van der Waals surface area contributed by atoms with Crippen molar-refractivity contribution in [3.8, 4) is 27.3 Å². The maximum atomic E-state index is 13.1. The van der Waals surface area contributed by atoms with E-state index in [4.69, 9.17) is 4.74 Å². The van der Waals surface area contributed by atoms with E-state index in [1.54, 1.807) is 30.4 Å². The molecule has 3 aromatic heterocycles. The molecule has 0 amide bonds. The lowest BCUT2D eigenvalue weighted by Gasteiger charge is -2.07. The zero-order valence-electron chi connectivity index (χ0n) is 16.9. The van der Waals surface area contributed by atoms with Gasteiger partial charge < -0.3 is 4.74 Å². The lowest BCUT2D eigenvalue weighted by Crippen LogP contribution is -2.20. The van der Waals surface area contributed by atoms with Crippen LogP contribution in [0, 0.1) is 0 Å². The first-order valence-corrected chi connectivity index (χ1v) is 10.7. The van der Waals surface area contributed by atoms with Gasteiger partial charge in [0.25, 0.3) is 5.56 Å². The monoisotopic (exact) mass is 425 g/mol. The van der Waals surface area contributed by atoms with Gasteiger partial charge in [-0.2, -0.15) is 0 Å². The van der Waals surface area contributed by atoms with Crippen molar-refractivity contribution >= 4 is 21.6 Å². The van der Waals surface area contributed by atoms with Crippen molar-refractivity contribution in [2.24, 2.45) is 0 Å². The smallest absolute Gasteiger partial charge is 0.262 e. The van der Waals surface area contributed by atoms with Crippen molar-refractivity contribution in [3.05, 3.63) is 101 Å². The van der Waals surface area contributed by atoms with Crippen molar-refractivity contribution in [2.45, 2.75) is 6.54 Å². The SMILES string of the molecule is COc1cccc(Cn2cnc3sc(-c4ccc(-c5ccncc5)cc4)cc3c2=O)c1. The van der Waals surface area contributed by atoms with E-state index >= 15 is 0 Å². The van der Waals surface area contributed by atoms with E-state index in [9.17, 15) is 4.79 Å². The molecular weight excluding hydrogens is 406 g/mol. The fraction of sp³-hybridized carbons (Fsp3) is 0.0800. The normalized spacial score (nSPS) is 11.0. The van der Waals surface area contributed by atoms with Crippen LogP contribution in [-0.4, -0.2) is 21.6 Å². The lowest BCUT2D eigenvalue weighted by atomic mass is 10.0. The van der Waals surface area contributed by atoms with E-state index in [2.05, 4.69) is 34.2 Å². The van der Waals surface area contributed by atoms with Crippen LogP contribution in [-0.2, 0) is 6.54 Å². The second-order valence-corrected chi connectivity index (χ2v) is 8.20. The van der Waals surface area contributed by atoms with Gasteiger partial charge in [-0.3, -0.25) is 14.3 Å². The third-order valence-electron chi connectivity index (χ3n) is 5.19. The Labute approximate surface area is 183 Å². The number of benzene rings is 2. The number of nitrogens with zero attached hydrogens (tertiary/aromatic N) is 3. The van der Waals surface area contributed by atoms with Gasteiger partial charge >= 0.3 is 0 Å². The van der Waals surface area contributed by atoms with Crippen LogP contribution < -0.4 is 10.3 Å². The van der Waals surface area contributed by atoms with E-state index in [1.807, 2.05) is 42.5 Å². The largest absolute Gasteiger partial charge is 0.497 e. The van der Waals surface area contributed by atoms with Crippen molar-refractivity contribution in [1.82, 2.24) is 14.5 Å². The molecule has 0 bridgehead atoms. The highest BCUT2D eigenvalue weighted by molar-refractivity contribution is 7.21. The summed E-state index contributed by atoms with van der Waals surface area (Å²) in [5, 5.41) is 0.642. The Kier molecular flexibility index (Phi) is 5.06. The summed E-state index contributed by atoms with van der Waals surface area (Å²) in [5.41, 5.74) is 4.28. The number of methoxy groups -OCH3 is 1. The molecule has 2 aromatic carbocycles. The molecule has 152 valence electrons. The average molecular weight is 426 g/mol. The van der Waals surface area contributed by atoms with Crippen LogP contribution in [0.15, 0.2) is 90.2 Å². The highest BCUT2D eigenvalue weighted by atomic mass is 32.1. The second-order valence-electron chi connectivity index (χ2n) is 7.17. The quantitative estimate of drug-likeness (QED) is 0.386. The van der Waals surface area contributed by atoms with E-state index in [0.717, 1.165) is 37.7 Å². The highest BCUT2D eigenvalue weighted by Gasteiger charge is 2.11. The zero-order chi connectivity index (χ0) is 21.2. The summed E-state index contributed by atoms with van der Waals surface area (Å²) < 4.78 is 6.92. The fourth-order valence-corrected chi connectivity index (χ4v) is 4.55. The van der Waals surface area contributed by atoms with Crippen LogP contribution in [0.1, 0.15) is 5.56 Å². The van der Waals surface area contributed by atoms with E-state index < -0.39 is 0 Å². The van der Waals surface area contributed by atoms with Gasteiger partial charge in [0.15, 0.2) is 0 Å². The van der Waals surface area contributed by atoms with E-state index in [-0.39, 0.29) is 5.56 Å². The Bertz CT molecular complexity index is 1410. The number of thiophene rings is 1. The van der Waals surface area contributed by atoms with Crippen LogP contribution in [0.4, 0.5) is 0 Å². The third kappa shape index (κ3) is 3.85. The van der Waals surface area contributed by atoms with Gasteiger partial charge in [-0.15, -0.1) is 11.3 Å². The molecule has 5 aromatic rings. The summed E-state index contributed by atoms with van der Waals surface area (Å²) in [6.07, 6.45) is 5.20. The number of fused-ring (bicyclic) bond motifs is 1. The highest BCUT2D eigenvalue weighted by Crippen LogP contribution is 2.32. The number of ether oxygens (including phenoxy) is 1. The standard InChI is InChI=1S/C25H19N3O2S/c1-30-21-4-2-3-17(13-21)15-28-16-27-24-22(25(28)29)14-23(31-24)20-7-5-18(6-8-20)19-9-11-26-12-10-19/h2-14,16H,15H2,1H3. The molecule has 0 fully saturated rings. The molecule has 3 heterocycles. The molecule has 0 saturated heterocycles. The Morgan fingerprint density at radius 3 is 2.45 bits per heavy atom. The first-order chi connectivity index (χ1) is 15.2. The molecule has 31 heavy (non-hydrogen) atoms. The van der Waals surface area contributed by atoms with E-state index in [0.29, 0.717) is 11.9 Å². The number of rotatable bonds is 5. The Morgan fingerprint density at radius 1 is 0.935 bits per heavy atom. The summed E-state index contributed by atoms with van der Waals surface area (Å²) in [6, 6.07) is 22.0. The Morgan fingerprint density at radius 2 is 1.68 bits per heavy atom. The molecule has 0 N–H and O–H groups in total. The van der Waals surface area contributed by atoms with Crippen molar-refractivity contribution in [1.29, 1.82) is 0 Å². The maximum Gasteiger partial charge on any atom is 0.262 e. The predicted octanol–water partition coefficient (Wildman–Crippen LogP) is 5.24. The van der Waals surface area contributed by atoms with Gasteiger partial charge in [0.1, 0.15) is 10.6 Å². The molecule has 5 rings (SSSR count). The number of hydrogen-bond donors (Lipinski definition) is 0. The molecule has 0 spiro atoms. The van der Waals surface area contributed by atoms with Crippen molar-refractivity contribution in [2.75, 3.05) is 7.11 Å². The van der Waals surface area contributed by atoms with Crippen molar-refractivity contribution in [3.63, 3.8) is 0 Å². The minimum absolute atomic E-state index is 0.0382. The molecule has 0 saturated carbocycles. The number of hydrogen-bond acceptors (Lipinski definition) is 5. The Balaban J connectivity index is 1.46. The molecule has 0 radical (unpaired) electrons. The summed E-state index contributed by atoms with van der Waals surface area (Å²) in [6.45, 7) is 0.449. The zero-order valence-corrected chi connectivity index (χ0v) is 17.7. The molecule has 0 aliphatic carbocycles. The van der Waals surface area contributed by atoms with Gasteiger partial charge in [-0.05, 0) is 52.6 Å². The van der Waals surface area contributed by atoms with E-state index in [1.165, 1.54) is 11.3 Å². The topological polar surface area (TPSA) is 57.0 Å². The summed E-state index contributed by atoms with van der Waals surface area (Å²) in [4.78, 5) is 23.4. The van der Waals surface area contributed by atoms with Gasteiger partial charge in [0, 0.05) is 17.3 Å². The molecule has 5 nitrogen and oxygen atoms in total. The molecule has 0 unspecified atom stereocenters. The number of aromatic nitrogens is 3. The summed E-state index contributed by atoms with van der Waals surface area (Å²) in [7, 11) is 1.63. The molecule has 0 atom stereocenters. The van der Waals surface area contributed by atoms with Crippen LogP contribution in [0.5, 0.6) is 5.75 Å². The minimum Gasteiger partial charge on any atom is -0.497 e. The fourth-order valence-electron chi connectivity index (χ4n) is 3.55. The van der Waals surface area contributed by atoms with Gasteiger partial charge in [0.2, 0.25) is 0 Å². The maximum absolute atomic E-state index is 13.1. The minimum atomic E-state index is -0.0382. The molecule has 0 aliphatic rings. The Hall–Kier alpha value is -3.77. The second kappa shape index (κ2) is 8.16. The first kappa shape index (κ1) is 19.2. The van der Waals surface area contributed by atoms with Crippen LogP contribution >= 0.6 is 11.3 Å². The van der Waals surface area contributed by atoms with Crippen molar-refractivity contribution < 1.29 is 4.74 Å². The predicted molar refractivity (Wildman–Crippen MR) is 125 cm³/mol. The van der Waals surface area contributed by atoms with Gasteiger partial charge in [0.05, 0.1) is 25.4 Å². The van der Waals surface area contributed by atoms with Crippen LogP contribution in [0.3, 0.4) is 0 Å². The number of pyridine rings is 1. The molecule has 0 aliphatic heterocycles. The molecule has 6 heteroatoms. The first-order valence-electron chi connectivity index (χ1n) is 9.84. The van der Waals surface area contributed by atoms with Gasteiger partial charge in [-0.25, -0.2) is 4.98 Å². The summed E-state index contributed by atoms with van der Waals surface area (Å²) >= 11 is 1.53. The lowest BCUT2D eigenvalue weighted by molar-refractivity contribution is 0.414. The third-order valence-corrected chi connectivity index (χ3v) is 6.28. The summed E-state index contributed by atoms with van der Waals surface area (Å²) in [5.74, 6) is 0.771. The van der Waals surface area contributed by atoms with Gasteiger partial charge in [-0.1, -0.05) is 36.4 Å².